The molecule has 0 fully saturated rings. The van der Waals surface area contributed by atoms with Gasteiger partial charge in [0.05, 0.1) is 6.42 Å². The largest absolute Gasteiger partial charge is 0.481 e. The number of carboxylic acids is 1. The number of rotatable bonds is 10. The number of urea groups is 1. The quantitative estimate of drug-likeness (QED) is 0.671. The predicted octanol–water partition coefficient (Wildman–Crippen LogP) is 3.19. The van der Waals surface area contributed by atoms with E-state index in [9.17, 15) is 9.59 Å². The van der Waals surface area contributed by atoms with Crippen LogP contribution in [0.25, 0.3) is 0 Å². The van der Waals surface area contributed by atoms with E-state index < -0.39 is 5.97 Å². The zero-order valence-corrected chi connectivity index (χ0v) is 13.4. The van der Waals surface area contributed by atoms with Gasteiger partial charge >= 0.3 is 12.0 Å². The van der Waals surface area contributed by atoms with E-state index in [1.807, 2.05) is 18.7 Å². The second-order valence-corrected chi connectivity index (χ2v) is 5.41. The predicted molar refractivity (Wildman–Crippen MR) is 80.9 cm³/mol. The maximum Gasteiger partial charge on any atom is 0.320 e. The molecule has 5 heteroatoms. The van der Waals surface area contributed by atoms with Crippen LogP contribution in [0.3, 0.4) is 0 Å². The number of unbranched alkanes of at least 4 members (excludes halogenated alkanes) is 2. The molecule has 0 aromatic heterocycles. The molecule has 0 saturated carbocycles. The van der Waals surface area contributed by atoms with E-state index in [1.54, 1.807) is 4.90 Å². The highest BCUT2D eigenvalue weighted by molar-refractivity contribution is 5.75. The van der Waals surface area contributed by atoms with Crippen LogP contribution in [-0.2, 0) is 4.79 Å². The first-order valence-electron chi connectivity index (χ1n) is 7.71. The number of carbonyl (C=O) groups excluding carboxylic acids is 1. The molecule has 0 aliphatic carbocycles. The van der Waals surface area contributed by atoms with Gasteiger partial charge in [0, 0.05) is 25.7 Å². The smallest absolute Gasteiger partial charge is 0.320 e. The Labute approximate surface area is 122 Å². The molecule has 0 rings (SSSR count). The zero-order valence-electron chi connectivity index (χ0n) is 13.4. The third-order valence-corrected chi connectivity index (χ3v) is 3.27. The van der Waals surface area contributed by atoms with Crippen molar-refractivity contribution in [3.8, 4) is 0 Å². The van der Waals surface area contributed by atoms with Gasteiger partial charge in [-0.15, -0.1) is 0 Å². The van der Waals surface area contributed by atoms with Gasteiger partial charge in [0.2, 0.25) is 0 Å². The molecule has 0 bridgehead atoms. The van der Waals surface area contributed by atoms with Crippen molar-refractivity contribution < 1.29 is 14.7 Å². The molecule has 118 valence electrons. The van der Waals surface area contributed by atoms with Crippen LogP contribution in [0.15, 0.2) is 0 Å². The van der Waals surface area contributed by atoms with Gasteiger partial charge in [-0.1, -0.05) is 26.7 Å². The molecule has 0 atom stereocenters. The van der Waals surface area contributed by atoms with Crippen molar-refractivity contribution in [1.82, 2.24) is 9.80 Å². The minimum Gasteiger partial charge on any atom is -0.481 e. The van der Waals surface area contributed by atoms with Crippen LogP contribution in [0.2, 0.25) is 0 Å². The Morgan fingerprint density at radius 3 is 1.85 bits per heavy atom. The molecule has 0 aromatic carbocycles. The summed E-state index contributed by atoms with van der Waals surface area (Å²) in [7, 11) is 0. The lowest BCUT2D eigenvalue weighted by atomic mass is 10.2. The third-order valence-electron chi connectivity index (χ3n) is 3.27. The van der Waals surface area contributed by atoms with Gasteiger partial charge in [-0.3, -0.25) is 4.79 Å². The first-order chi connectivity index (χ1) is 9.43. The van der Waals surface area contributed by atoms with Gasteiger partial charge < -0.3 is 14.9 Å². The van der Waals surface area contributed by atoms with E-state index in [1.165, 1.54) is 0 Å². The van der Waals surface area contributed by atoms with Gasteiger partial charge in [-0.2, -0.15) is 0 Å². The molecular formula is C15H30N2O3. The van der Waals surface area contributed by atoms with Gasteiger partial charge in [0.1, 0.15) is 0 Å². The van der Waals surface area contributed by atoms with Crippen molar-refractivity contribution in [2.45, 2.75) is 65.8 Å². The molecule has 0 aliphatic heterocycles. The van der Waals surface area contributed by atoms with Crippen LogP contribution < -0.4 is 0 Å². The Balaban J connectivity index is 4.70. The summed E-state index contributed by atoms with van der Waals surface area (Å²) in [5.74, 6) is -0.864. The van der Waals surface area contributed by atoms with E-state index in [2.05, 4.69) is 13.8 Å². The number of aliphatic carboxylic acids is 1. The van der Waals surface area contributed by atoms with Crippen molar-refractivity contribution in [2.75, 3.05) is 19.6 Å². The van der Waals surface area contributed by atoms with Crippen molar-refractivity contribution in [3.63, 3.8) is 0 Å². The van der Waals surface area contributed by atoms with E-state index in [0.29, 0.717) is 0 Å². The van der Waals surface area contributed by atoms with Crippen LogP contribution in [0, 0.1) is 0 Å². The Hall–Kier alpha value is -1.26. The molecule has 0 radical (unpaired) electrons. The number of carboxylic acid groups (broad SMARTS) is 1. The Bertz CT molecular complexity index is 285. The highest BCUT2D eigenvalue weighted by Crippen LogP contribution is 2.09. The van der Waals surface area contributed by atoms with Gasteiger partial charge in [-0.05, 0) is 26.7 Å². The lowest BCUT2D eigenvalue weighted by Crippen LogP contribution is -2.47. The molecule has 1 N–H and O–H groups in total. The minimum absolute atomic E-state index is 0.000679. The summed E-state index contributed by atoms with van der Waals surface area (Å²) in [5.41, 5.74) is 0. The van der Waals surface area contributed by atoms with E-state index >= 15 is 0 Å². The first kappa shape index (κ1) is 18.7. The number of hydrogen-bond acceptors (Lipinski definition) is 2. The number of hydrogen-bond donors (Lipinski definition) is 1. The molecule has 0 aromatic rings. The van der Waals surface area contributed by atoms with Crippen LogP contribution in [-0.4, -0.2) is 52.6 Å². The van der Waals surface area contributed by atoms with E-state index in [4.69, 9.17) is 5.11 Å². The fourth-order valence-corrected chi connectivity index (χ4v) is 1.97. The summed E-state index contributed by atoms with van der Waals surface area (Å²) in [4.78, 5) is 26.8. The minimum atomic E-state index is -0.864. The summed E-state index contributed by atoms with van der Waals surface area (Å²) in [5, 5.41) is 8.80. The fraction of sp³-hybridized carbons (Fsp3) is 0.867. The molecule has 2 amide bonds. The Morgan fingerprint density at radius 1 is 1.00 bits per heavy atom. The SMILES string of the molecule is CCCCN(CCCC)C(=O)N(CCC(=O)O)C(C)C. The number of nitrogens with zero attached hydrogens (tertiary/aromatic N) is 2. The van der Waals surface area contributed by atoms with Crippen LogP contribution in [0.4, 0.5) is 4.79 Å². The molecule has 0 aliphatic rings. The van der Waals surface area contributed by atoms with Gasteiger partial charge in [-0.25, -0.2) is 4.79 Å². The Kier molecular flexibility index (Phi) is 9.86. The monoisotopic (exact) mass is 286 g/mol. The summed E-state index contributed by atoms with van der Waals surface area (Å²) < 4.78 is 0. The summed E-state index contributed by atoms with van der Waals surface area (Å²) in [6, 6.07) is -0.00393. The average molecular weight is 286 g/mol. The lowest BCUT2D eigenvalue weighted by Gasteiger charge is -2.33. The summed E-state index contributed by atoms with van der Waals surface area (Å²) in [6.07, 6.45) is 4.07. The summed E-state index contributed by atoms with van der Waals surface area (Å²) in [6.45, 7) is 9.85. The average Bonchev–Trinajstić information content (AvgIpc) is 2.38. The van der Waals surface area contributed by atoms with Crippen molar-refractivity contribution >= 4 is 12.0 Å². The highest BCUT2D eigenvalue weighted by Gasteiger charge is 2.23. The second-order valence-electron chi connectivity index (χ2n) is 5.41. The number of amides is 2. The standard InChI is InChI=1S/C15H30N2O3/c1-5-7-10-16(11-8-6-2)15(20)17(13(3)4)12-9-14(18)19/h13H,5-12H2,1-4H3,(H,18,19). The molecule has 5 nitrogen and oxygen atoms in total. The van der Waals surface area contributed by atoms with E-state index in [-0.39, 0.29) is 25.0 Å². The van der Waals surface area contributed by atoms with Crippen molar-refractivity contribution in [1.29, 1.82) is 0 Å². The van der Waals surface area contributed by atoms with Gasteiger partial charge in [0.15, 0.2) is 0 Å². The van der Waals surface area contributed by atoms with Crippen molar-refractivity contribution in [3.05, 3.63) is 0 Å². The summed E-state index contributed by atoms with van der Waals surface area (Å²) >= 11 is 0. The maximum atomic E-state index is 12.6. The first-order valence-corrected chi connectivity index (χ1v) is 7.71. The van der Waals surface area contributed by atoms with Crippen LogP contribution in [0.1, 0.15) is 59.8 Å². The topological polar surface area (TPSA) is 60.9 Å². The van der Waals surface area contributed by atoms with Crippen LogP contribution in [0.5, 0.6) is 0 Å². The third kappa shape index (κ3) is 7.36. The molecule has 0 heterocycles. The molecule has 0 spiro atoms. The fourth-order valence-electron chi connectivity index (χ4n) is 1.97. The maximum absolute atomic E-state index is 12.6. The lowest BCUT2D eigenvalue weighted by molar-refractivity contribution is -0.137. The van der Waals surface area contributed by atoms with Gasteiger partial charge in [0.25, 0.3) is 0 Å². The van der Waals surface area contributed by atoms with Crippen LogP contribution >= 0.6 is 0 Å². The Morgan fingerprint density at radius 2 is 1.50 bits per heavy atom. The number of carbonyl (C=O) groups is 2. The molecule has 0 saturated heterocycles. The highest BCUT2D eigenvalue weighted by atomic mass is 16.4. The molecule has 0 unspecified atom stereocenters. The normalized spacial score (nSPS) is 10.7. The molecular weight excluding hydrogens is 256 g/mol. The molecule has 20 heavy (non-hydrogen) atoms. The second kappa shape index (κ2) is 10.5. The zero-order chi connectivity index (χ0) is 15.5. The van der Waals surface area contributed by atoms with Crippen molar-refractivity contribution in [2.24, 2.45) is 0 Å². The van der Waals surface area contributed by atoms with E-state index in [0.717, 1.165) is 38.8 Å².